The van der Waals surface area contributed by atoms with Gasteiger partial charge in [0.05, 0.1) is 17.9 Å². The third-order valence-electron chi connectivity index (χ3n) is 4.58. The minimum atomic E-state index is -0.258. The lowest BCUT2D eigenvalue weighted by Crippen LogP contribution is -2.37. The van der Waals surface area contributed by atoms with Gasteiger partial charge in [-0.25, -0.2) is 4.68 Å². The van der Waals surface area contributed by atoms with E-state index in [4.69, 9.17) is 9.84 Å². The van der Waals surface area contributed by atoms with Crippen LogP contribution in [0.4, 0.5) is 5.82 Å². The van der Waals surface area contributed by atoms with Gasteiger partial charge in [-0.05, 0) is 25.5 Å². The summed E-state index contributed by atoms with van der Waals surface area (Å²) in [6.07, 6.45) is 0.679. The third-order valence-corrected chi connectivity index (χ3v) is 4.58. The lowest BCUT2D eigenvalue weighted by molar-refractivity contribution is -0.132. The molecule has 0 fully saturated rings. The van der Waals surface area contributed by atoms with Gasteiger partial charge in [-0.2, -0.15) is 5.10 Å². The maximum absolute atomic E-state index is 12.7. The molecule has 29 heavy (non-hydrogen) atoms. The first-order valence-electron chi connectivity index (χ1n) is 9.83. The standard InChI is InChI=1S/C22H32N4O3/c1-16-8-10-18(11-9-16)26-20(14-19(24-26)22(3,4)5)23-21(28)15-25(17(2)27)12-7-13-29-6/h8-11,14H,7,12-13,15H2,1-6H3,(H,23,28). The van der Waals surface area contributed by atoms with Crippen LogP contribution < -0.4 is 5.32 Å². The number of amides is 2. The number of carbonyl (C=O) groups is 2. The van der Waals surface area contributed by atoms with E-state index in [-0.39, 0.29) is 23.8 Å². The molecule has 7 nitrogen and oxygen atoms in total. The molecule has 1 heterocycles. The molecule has 2 amide bonds. The Hall–Kier alpha value is -2.67. The molecule has 0 atom stereocenters. The van der Waals surface area contributed by atoms with E-state index in [0.29, 0.717) is 25.4 Å². The smallest absolute Gasteiger partial charge is 0.245 e. The van der Waals surface area contributed by atoms with Crippen molar-refractivity contribution >= 4 is 17.6 Å². The number of methoxy groups -OCH3 is 1. The number of aromatic nitrogens is 2. The summed E-state index contributed by atoms with van der Waals surface area (Å²) in [5.74, 6) is 0.189. The molecular formula is C22H32N4O3. The largest absolute Gasteiger partial charge is 0.385 e. The second-order valence-corrected chi connectivity index (χ2v) is 8.25. The van der Waals surface area contributed by atoms with Crippen LogP contribution in [0.25, 0.3) is 5.69 Å². The van der Waals surface area contributed by atoms with E-state index < -0.39 is 0 Å². The van der Waals surface area contributed by atoms with E-state index >= 15 is 0 Å². The summed E-state index contributed by atoms with van der Waals surface area (Å²) in [6.45, 7) is 10.7. The Labute approximate surface area is 173 Å². The zero-order valence-electron chi connectivity index (χ0n) is 18.3. The van der Waals surface area contributed by atoms with Gasteiger partial charge in [0.1, 0.15) is 5.82 Å². The Balaban J connectivity index is 2.23. The van der Waals surface area contributed by atoms with Crippen molar-refractivity contribution in [2.24, 2.45) is 0 Å². The van der Waals surface area contributed by atoms with Crippen molar-refractivity contribution in [2.45, 2.75) is 46.5 Å². The van der Waals surface area contributed by atoms with Crippen molar-refractivity contribution < 1.29 is 14.3 Å². The van der Waals surface area contributed by atoms with Crippen LogP contribution in [-0.4, -0.2) is 53.3 Å². The lowest BCUT2D eigenvalue weighted by atomic mass is 9.92. The topological polar surface area (TPSA) is 76.5 Å². The number of benzene rings is 1. The highest BCUT2D eigenvalue weighted by Crippen LogP contribution is 2.26. The van der Waals surface area contributed by atoms with Gasteiger partial charge in [-0.3, -0.25) is 9.59 Å². The Kier molecular flexibility index (Phi) is 7.56. The number of hydrogen-bond donors (Lipinski definition) is 1. The van der Waals surface area contributed by atoms with Crippen LogP contribution in [0.5, 0.6) is 0 Å². The number of ether oxygens (including phenoxy) is 1. The zero-order valence-corrected chi connectivity index (χ0v) is 18.3. The molecule has 1 aromatic heterocycles. The summed E-state index contributed by atoms with van der Waals surface area (Å²) < 4.78 is 6.77. The number of nitrogens with one attached hydrogen (secondary N) is 1. The third kappa shape index (κ3) is 6.42. The van der Waals surface area contributed by atoms with Crippen LogP contribution in [0.1, 0.15) is 45.4 Å². The van der Waals surface area contributed by atoms with Gasteiger partial charge in [-0.1, -0.05) is 38.5 Å². The van der Waals surface area contributed by atoms with Gasteiger partial charge < -0.3 is 15.0 Å². The summed E-state index contributed by atoms with van der Waals surface area (Å²) >= 11 is 0. The fraction of sp³-hybridized carbons (Fsp3) is 0.500. The molecule has 0 bridgehead atoms. The Morgan fingerprint density at radius 3 is 2.41 bits per heavy atom. The summed E-state index contributed by atoms with van der Waals surface area (Å²) in [6, 6.07) is 9.84. The van der Waals surface area contributed by atoms with Crippen LogP contribution in [0.3, 0.4) is 0 Å². The molecule has 0 unspecified atom stereocenters. The molecule has 0 aliphatic carbocycles. The molecule has 158 valence electrons. The lowest BCUT2D eigenvalue weighted by Gasteiger charge is -2.20. The van der Waals surface area contributed by atoms with Crippen molar-refractivity contribution in [1.29, 1.82) is 0 Å². The SMILES string of the molecule is COCCCN(CC(=O)Nc1cc(C(C)(C)C)nn1-c1ccc(C)cc1)C(C)=O. The fourth-order valence-electron chi connectivity index (χ4n) is 2.82. The van der Waals surface area contributed by atoms with Crippen LogP contribution in [0.15, 0.2) is 30.3 Å². The van der Waals surface area contributed by atoms with Crippen molar-refractivity contribution in [3.8, 4) is 5.69 Å². The van der Waals surface area contributed by atoms with E-state index in [1.807, 2.05) is 37.3 Å². The summed E-state index contributed by atoms with van der Waals surface area (Å²) in [5, 5.41) is 7.64. The van der Waals surface area contributed by atoms with Crippen molar-refractivity contribution in [1.82, 2.24) is 14.7 Å². The maximum Gasteiger partial charge on any atom is 0.245 e. The summed E-state index contributed by atoms with van der Waals surface area (Å²) in [7, 11) is 1.61. The van der Waals surface area contributed by atoms with E-state index in [2.05, 4.69) is 26.1 Å². The van der Waals surface area contributed by atoms with E-state index in [1.165, 1.54) is 11.8 Å². The van der Waals surface area contributed by atoms with Crippen LogP contribution in [0, 0.1) is 6.92 Å². The minimum absolute atomic E-state index is 0.0109. The molecule has 0 saturated carbocycles. The molecule has 1 N–H and O–H groups in total. The number of carbonyl (C=O) groups excluding carboxylic acids is 2. The summed E-state index contributed by atoms with van der Waals surface area (Å²) in [4.78, 5) is 26.1. The van der Waals surface area contributed by atoms with Crippen LogP contribution in [-0.2, 0) is 19.7 Å². The minimum Gasteiger partial charge on any atom is -0.385 e. The fourth-order valence-corrected chi connectivity index (χ4v) is 2.82. The van der Waals surface area contributed by atoms with Crippen LogP contribution >= 0.6 is 0 Å². The molecule has 2 rings (SSSR count). The molecule has 0 spiro atoms. The van der Waals surface area contributed by atoms with Gasteiger partial charge in [-0.15, -0.1) is 0 Å². The zero-order chi connectivity index (χ0) is 21.6. The van der Waals surface area contributed by atoms with Crippen molar-refractivity contribution in [2.75, 3.05) is 32.1 Å². The van der Waals surface area contributed by atoms with Gasteiger partial charge in [0.2, 0.25) is 11.8 Å². The number of anilines is 1. The normalized spacial score (nSPS) is 11.4. The van der Waals surface area contributed by atoms with E-state index in [0.717, 1.165) is 16.9 Å². The molecule has 2 aromatic rings. The summed E-state index contributed by atoms with van der Waals surface area (Å²) in [5.41, 5.74) is 2.72. The predicted molar refractivity (Wildman–Crippen MR) is 114 cm³/mol. The van der Waals surface area contributed by atoms with E-state index in [9.17, 15) is 9.59 Å². The highest BCUT2D eigenvalue weighted by molar-refractivity contribution is 5.94. The molecule has 0 aliphatic heterocycles. The Morgan fingerprint density at radius 1 is 1.21 bits per heavy atom. The monoisotopic (exact) mass is 400 g/mol. The second kappa shape index (κ2) is 9.69. The second-order valence-electron chi connectivity index (χ2n) is 8.25. The number of nitrogens with zero attached hydrogens (tertiary/aromatic N) is 3. The van der Waals surface area contributed by atoms with Crippen molar-refractivity contribution in [3.05, 3.63) is 41.6 Å². The van der Waals surface area contributed by atoms with Gasteiger partial charge >= 0.3 is 0 Å². The van der Waals surface area contributed by atoms with Crippen molar-refractivity contribution in [3.63, 3.8) is 0 Å². The molecule has 1 aromatic carbocycles. The highest BCUT2D eigenvalue weighted by atomic mass is 16.5. The molecular weight excluding hydrogens is 368 g/mol. The first-order chi connectivity index (χ1) is 13.6. The van der Waals surface area contributed by atoms with E-state index in [1.54, 1.807) is 11.8 Å². The molecule has 7 heteroatoms. The average molecular weight is 401 g/mol. The van der Waals surface area contributed by atoms with Crippen LogP contribution in [0.2, 0.25) is 0 Å². The Bertz CT molecular complexity index is 835. The Morgan fingerprint density at radius 2 is 1.86 bits per heavy atom. The molecule has 0 aliphatic rings. The van der Waals surface area contributed by atoms with Gasteiger partial charge in [0.25, 0.3) is 0 Å². The van der Waals surface area contributed by atoms with Gasteiger partial charge in [0.15, 0.2) is 0 Å². The average Bonchev–Trinajstić information content (AvgIpc) is 3.05. The number of aryl methyl sites for hydroxylation is 1. The molecule has 0 radical (unpaired) electrons. The predicted octanol–water partition coefficient (Wildman–Crippen LogP) is 3.30. The van der Waals surface area contributed by atoms with Gasteiger partial charge in [0, 0.05) is 38.7 Å². The quantitative estimate of drug-likeness (QED) is 0.690. The first-order valence-corrected chi connectivity index (χ1v) is 9.83. The maximum atomic E-state index is 12.7. The number of hydrogen-bond acceptors (Lipinski definition) is 4. The number of rotatable bonds is 8. The first kappa shape index (κ1) is 22.6. The molecule has 0 saturated heterocycles. The highest BCUT2D eigenvalue weighted by Gasteiger charge is 2.22.